The lowest BCUT2D eigenvalue weighted by atomic mass is 10.0. The predicted octanol–water partition coefficient (Wildman–Crippen LogP) is 29.3. The summed E-state index contributed by atoms with van der Waals surface area (Å²) in [5.74, 6) is -2.09. The second kappa shape index (κ2) is 86.9. The van der Waals surface area contributed by atoms with Crippen LogP contribution in [-0.2, 0) is 65.4 Å². The van der Waals surface area contributed by atoms with Crippen molar-refractivity contribution in [2.75, 3.05) is 39.6 Å². The van der Waals surface area contributed by atoms with Gasteiger partial charge < -0.3 is 33.8 Å². The minimum Gasteiger partial charge on any atom is -0.462 e. The maximum Gasteiger partial charge on any atom is 0.472 e. The number of hydrogen-bond donors (Lipinski definition) is 3. The van der Waals surface area contributed by atoms with Crippen molar-refractivity contribution in [1.82, 2.24) is 0 Å². The van der Waals surface area contributed by atoms with Crippen molar-refractivity contribution in [3.05, 3.63) is 0 Å². The van der Waals surface area contributed by atoms with Gasteiger partial charge in [-0.2, -0.15) is 0 Å². The van der Waals surface area contributed by atoms with Crippen LogP contribution < -0.4 is 0 Å². The Hall–Kier alpha value is -1.94. The number of phosphoric acid groups is 2. The Morgan fingerprint density at radius 3 is 0.527 bits per heavy atom. The Kier molecular flexibility index (Phi) is 85.4. The zero-order valence-electron chi connectivity index (χ0n) is 73.7. The molecule has 0 saturated heterocycles. The first-order chi connectivity index (χ1) is 54.7. The van der Waals surface area contributed by atoms with E-state index in [2.05, 4.69) is 27.7 Å². The van der Waals surface area contributed by atoms with E-state index in [1.54, 1.807) is 0 Å². The molecule has 0 aromatic rings. The number of esters is 4. The average Bonchev–Trinajstić information content (AvgIpc) is 0.903. The maximum absolute atomic E-state index is 13.2. The summed E-state index contributed by atoms with van der Waals surface area (Å²) in [6.45, 7) is 5.10. The van der Waals surface area contributed by atoms with E-state index in [0.29, 0.717) is 25.7 Å². The van der Waals surface area contributed by atoms with Crippen molar-refractivity contribution in [2.24, 2.45) is 0 Å². The number of unbranched alkanes of at least 4 members (excludes halogenated alkanes) is 68. The van der Waals surface area contributed by atoms with Crippen LogP contribution in [0.1, 0.15) is 516 Å². The molecule has 0 amide bonds. The molecule has 0 heterocycles. The molecular formula is C93H182O17P2. The Labute approximate surface area is 689 Å². The highest BCUT2D eigenvalue weighted by atomic mass is 31.2. The topological polar surface area (TPSA) is 237 Å². The monoisotopic (exact) mass is 1630 g/mol. The van der Waals surface area contributed by atoms with Crippen LogP contribution >= 0.6 is 15.6 Å². The van der Waals surface area contributed by atoms with Crippen molar-refractivity contribution >= 4 is 39.5 Å². The summed E-state index contributed by atoms with van der Waals surface area (Å²) in [7, 11) is -9.94. The summed E-state index contributed by atoms with van der Waals surface area (Å²) in [6, 6.07) is 0. The van der Waals surface area contributed by atoms with Gasteiger partial charge in [0.2, 0.25) is 0 Å². The van der Waals surface area contributed by atoms with E-state index in [4.69, 9.17) is 37.0 Å². The van der Waals surface area contributed by atoms with Gasteiger partial charge in [0.1, 0.15) is 19.3 Å². The molecule has 0 aliphatic carbocycles. The fourth-order valence-electron chi connectivity index (χ4n) is 14.8. The van der Waals surface area contributed by atoms with Crippen LogP contribution in [0.15, 0.2) is 0 Å². The zero-order chi connectivity index (χ0) is 81.7. The van der Waals surface area contributed by atoms with E-state index in [0.717, 1.165) is 89.9 Å². The SMILES string of the molecule is CCCCCCCCCCCCCCCCCCCCCCCCC(=O)O[C@H](COC(=O)CCCCCCCCCCCCCCCCCCCCC)COP(=O)(O)OC[C@@H](O)COP(=O)(O)OC[C@@H](COC(=O)CCCCCCCCCCCCCCC)OC(=O)CCCCCCCCCCCCCCCCCCCC. The van der Waals surface area contributed by atoms with E-state index < -0.39 is 97.5 Å². The molecule has 0 aromatic heterocycles. The quantitative estimate of drug-likeness (QED) is 0.0222. The number of phosphoric ester groups is 2. The van der Waals surface area contributed by atoms with Gasteiger partial charge in [-0.05, 0) is 25.7 Å². The first-order valence-corrected chi connectivity index (χ1v) is 51.3. The first kappa shape index (κ1) is 110. The van der Waals surface area contributed by atoms with Crippen LogP contribution in [0.5, 0.6) is 0 Å². The number of rotatable bonds is 94. The molecule has 0 aliphatic heterocycles. The molecule has 0 aromatic carbocycles. The zero-order valence-corrected chi connectivity index (χ0v) is 75.5. The van der Waals surface area contributed by atoms with Crippen molar-refractivity contribution in [2.45, 2.75) is 534 Å². The lowest BCUT2D eigenvalue weighted by molar-refractivity contribution is -0.161. The lowest BCUT2D eigenvalue weighted by Crippen LogP contribution is -2.30. The van der Waals surface area contributed by atoms with Crippen molar-refractivity contribution in [3.63, 3.8) is 0 Å². The van der Waals surface area contributed by atoms with Gasteiger partial charge in [-0.1, -0.05) is 464 Å². The van der Waals surface area contributed by atoms with E-state index in [9.17, 15) is 43.2 Å². The molecule has 17 nitrogen and oxygen atoms in total. The van der Waals surface area contributed by atoms with Crippen LogP contribution in [0.3, 0.4) is 0 Å². The largest absolute Gasteiger partial charge is 0.472 e. The van der Waals surface area contributed by atoms with Crippen LogP contribution in [-0.4, -0.2) is 96.7 Å². The van der Waals surface area contributed by atoms with Gasteiger partial charge in [-0.25, -0.2) is 9.13 Å². The minimum absolute atomic E-state index is 0.110. The van der Waals surface area contributed by atoms with Crippen LogP contribution in [0.25, 0.3) is 0 Å². The summed E-state index contributed by atoms with van der Waals surface area (Å²) < 4.78 is 69.2. The summed E-state index contributed by atoms with van der Waals surface area (Å²) in [5, 5.41) is 10.7. The summed E-state index contributed by atoms with van der Waals surface area (Å²) in [6.07, 6.45) is 84.8. The molecule has 666 valence electrons. The van der Waals surface area contributed by atoms with Gasteiger partial charge in [0.15, 0.2) is 12.2 Å². The van der Waals surface area contributed by atoms with Crippen molar-refractivity contribution in [1.29, 1.82) is 0 Å². The second-order valence-corrected chi connectivity index (χ2v) is 36.3. The third-order valence-electron chi connectivity index (χ3n) is 22.1. The highest BCUT2D eigenvalue weighted by molar-refractivity contribution is 7.47. The number of aliphatic hydroxyl groups excluding tert-OH is 1. The highest BCUT2D eigenvalue weighted by Crippen LogP contribution is 2.45. The average molecular weight is 1630 g/mol. The van der Waals surface area contributed by atoms with Gasteiger partial charge in [0.25, 0.3) is 0 Å². The number of carbonyl (C=O) groups excluding carboxylic acids is 4. The van der Waals surface area contributed by atoms with Gasteiger partial charge in [-0.15, -0.1) is 0 Å². The molecule has 112 heavy (non-hydrogen) atoms. The van der Waals surface area contributed by atoms with E-state index in [1.807, 2.05) is 0 Å². The third-order valence-corrected chi connectivity index (χ3v) is 24.0. The molecule has 0 spiro atoms. The van der Waals surface area contributed by atoms with Crippen molar-refractivity contribution in [3.8, 4) is 0 Å². The fraction of sp³-hybridized carbons (Fsp3) is 0.957. The molecule has 2 unspecified atom stereocenters. The summed E-state index contributed by atoms with van der Waals surface area (Å²) in [5.41, 5.74) is 0. The molecule has 5 atom stereocenters. The smallest absolute Gasteiger partial charge is 0.462 e. The molecule has 0 fully saturated rings. The van der Waals surface area contributed by atoms with Gasteiger partial charge >= 0.3 is 39.5 Å². The van der Waals surface area contributed by atoms with Crippen LogP contribution in [0, 0.1) is 0 Å². The number of aliphatic hydroxyl groups is 1. The highest BCUT2D eigenvalue weighted by Gasteiger charge is 2.31. The van der Waals surface area contributed by atoms with Crippen LogP contribution in [0.2, 0.25) is 0 Å². The summed E-state index contributed by atoms with van der Waals surface area (Å²) in [4.78, 5) is 73.5. The molecule has 0 radical (unpaired) electrons. The molecule has 0 rings (SSSR count). The van der Waals surface area contributed by atoms with Crippen LogP contribution in [0.4, 0.5) is 0 Å². The van der Waals surface area contributed by atoms with Gasteiger partial charge in [-0.3, -0.25) is 37.3 Å². The molecular weight excluding hydrogens is 1450 g/mol. The Bertz CT molecular complexity index is 2100. The molecule has 0 aliphatic rings. The fourth-order valence-corrected chi connectivity index (χ4v) is 16.3. The molecule has 3 N–H and O–H groups in total. The normalized spacial score (nSPS) is 13.6. The van der Waals surface area contributed by atoms with E-state index >= 15 is 0 Å². The lowest BCUT2D eigenvalue weighted by Gasteiger charge is -2.21. The van der Waals surface area contributed by atoms with Crippen molar-refractivity contribution < 1.29 is 80.2 Å². The van der Waals surface area contributed by atoms with E-state index in [1.165, 1.54) is 347 Å². The van der Waals surface area contributed by atoms with Gasteiger partial charge in [0, 0.05) is 25.7 Å². The Balaban J connectivity index is 5.25. The first-order valence-electron chi connectivity index (χ1n) is 48.3. The molecule has 0 bridgehead atoms. The number of carbonyl (C=O) groups is 4. The molecule has 19 heteroatoms. The van der Waals surface area contributed by atoms with Gasteiger partial charge in [0.05, 0.1) is 26.4 Å². The minimum atomic E-state index is -4.97. The predicted molar refractivity (Wildman–Crippen MR) is 465 cm³/mol. The molecule has 0 saturated carbocycles. The standard InChI is InChI=1S/C93H182O17P2/c1-5-9-13-17-21-25-29-33-36-39-42-43-44-46-49-52-56-60-64-68-72-76-80-93(98)110-89(84-104-91(96)78-74-70-66-62-58-54-50-48-45-40-37-34-30-26-22-18-14-10-6-2)86-108-112(101,102)106-82-87(94)81-105-111(99,100)107-85-88(83-103-90(95)77-73-69-65-61-57-53-32-28-24-20-16-12-8-4)109-92(97)79-75-71-67-63-59-55-51-47-41-38-35-31-27-23-19-15-11-7-3/h87-89,94H,5-86H2,1-4H3,(H,99,100)(H,101,102)/t87-,88+,89+/m0/s1. The number of hydrogen-bond acceptors (Lipinski definition) is 15. The summed E-state index contributed by atoms with van der Waals surface area (Å²) >= 11 is 0. The maximum atomic E-state index is 13.2. The Morgan fingerprint density at radius 1 is 0.214 bits per heavy atom. The second-order valence-electron chi connectivity index (χ2n) is 33.4. The third kappa shape index (κ3) is 85.9. The van der Waals surface area contributed by atoms with E-state index in [-0.39, 0.29) is 25.7 Å². The Morgan fingerprint density at radius 2 is 0.357 bits per heavy atom. The number of ether oxygens (including phenoxy) is 4.